The normalized spacial score (nSPS) is 11.0. The number of alkyl halides is 1. The number of halogens is 1. The van der Waals surface area contributed by atoms with Crippen molar-refractivity contribution < 1.29 is 4.79 Å². The summed E-state index contributed by atoms with van der Waals surface area (Å²) in [4.78, 5) is 22.9. The Labute approximate surface area is 129 Å². The van der Waals surface area contributed by atoms with E-state index in [0.717, 1.165) is 35.6 Å². The molecule has 1 amide bonds. The van der Waals surface area contributed by atoms with Crippen LogP contribution in [0.5, 0.6) is 0 Å². The first-order valence-electron chi connectivity index (χ1n) is 7.26. The fraction of sp³-hybridized carbons (Fsp3) is 0.533. The Morgan fingerprint density at radius 2 is 2.10 bits per heavy atom. The van der Waals surface area contributed by atoms with Gasteiger partial charge in [-0.15, -0.1) is 11.6 Å². The Hall–Kier alpha value is -1.62. The standard InChI is InChI=1S/C15H21ClN4O/c1-4-19(5-2)14(21)6-7-20-13(9-16)18-12-8-11(3)10-17-15(12)20/h8,10H,4-7,9H2,1-3H3. The van der Waals surface area contributed by atoms with E-state index in [0.29, 0.717) is 18.8 Å². The van der Waals surface area contributed by atoms with Gasteiger partial charge in [0.2, 0.25) is 5.91 Å². The number of carbonyl (C=O) groups is 1. The Morgan fingerprint density at radius 3 is 2.71 bits per heavy atom. The predicted octanol–water partition coefficient (Wildman–Crippen LogP) is 2.74. The third-order valence-electron chi connectivity index (χ3n) is 3.59. The molecule has 2 rings (SSSR count). The van der Waals surface area contributed by atoms with Crippen LogP contribution in [0.2, 0.25) is 0 Å². The maximum atomic E-state index is 12.1. The van der Waals surface area contributed by atoms with Crippen LogP contribution in [-0.4, -0.2) is 38.4 Å². The lowest BCUT2D eigenvalue weighted by Crippen LogP contribution is -2.31. The minimum atomic E-state index is 0.148. The molecule has 0 aliphatic rings. The molecule has 2 heterocycles. The summed E-state index contributed by atoms with van der Waals surface area (Å²) in [5.41, 5.74) is 2.69. The van der Waals surface area contributed by atoms with Gasteiger partial charge < -0.3 is 9.47 Å². The average molecular weight is 309 g/mol. The van der Waals surface area contributed by atoms with Crippen molar-refractivity contribution in [2.45, 2.75) is 39.6 Å². The van der Waals surface area contributed by atoms with Crippen LogP contribution in [0.1, 0.15) is 31.7 Å². The van der Waals surface area contributed by atoms with Crippen molar-refractivity contribution in [3.05, 3.63) is 23.7 Å². The zero-order chi connectivity index (χ0) is 15.4. The number of imidazole rings is 1. The minimum Gasteiger partial charge on any atom is -0.343 e. The van der Waals surface area contributed by atoms with Crippen LogP contribution in [0.25, 0.3) is 11.2 Å². The number of fused-ring (bicyclic) bond motifs is 1. The highest BCUT2D eigenvalue weighted by Crippen LogP contribution is 2.17. The number of hydrogen-bond acceptors (Lipinski definition) is 3. The fourth-order valence-electron chi connectivity index (χ4n) is 2.44. The van der Waals surface area contributed by atoms with Crippen LogP contribution in [0.15, 0.2) is 12.3 Å². The molecule has 0 aliphatic carbocycles. The molecule has 6 heteroatoms. The molecular weight excluding hydrogens is 288 g/mol. The third kappa shape index (κ3) is 3.35. The summed E-state index contributed by atoms with van der Waals surface area (Å²) in [5, 5.41) is 0. The van der Waals surface area contributed by atoms with Crippen LogP contribution < -0.4 is 0 Å². The highest BCUT2D eigenvalue weighted by molar-refractivity contribution is 6.16. The molecule has 0 saturated carbocycles. The van der Waals surface area contributed by atoms with Gasteiger partial charge in [-0.05, 0) is 32.4 Å². The van der Waals surface area contributed by atoms with E-state index < -0.39 is 0 Å². The van der Waals surface area contributed by atoms with E-state index in [9.17, 15) is 4.79 Å². The second kappa shape index (κ2) is 6.89. The number of rotatable bonds is 6. The van der Waals surface area contributed by atoms with Gasteiger partial charge in [-0.3, -0.25) is 4.79 Å². The molecule has 0 radical (unpaired) electrons. The minimum absolute atomic E-state index is 0.148. The van der Waals surface area contributed by atoms with Gasteiger partial charge in [-0.25, -0.2) is 9.97 Å². The predicted molar refractivity (Wildman–Crippen MR) is 84.4 cm³/mol. The van der Waals surface area contributed by atoms with Gasteiger partial charge in [-0.2, -0.15) is 0 Å². The van der Waals surface area contributed by atoms with E-state index >= 15 is 0 Å². The maximum absolute atomic E-state index is 12.1. The molecule has 0 saturated heterocycles. The molecule has 0 unspecified atom stereocenters. The lowest BCUT2D eigenvalue weighted by molar-refractivity contribution is -0.131. The van der Waals surface area contributed by atoms with Gasteiger partial charge in [0.1, 0.15) is 11.3 Å². The average Bonchev–Trinajstić information content (AvgIpc) is 2.83. The molecule has 21 heavy (non-hydrogen) atoms. The van der Waals surface area contributed by atoms with E-state index in [1.54, 1.807) is 0 Å². The first-order valence-corrected chi connectivity index (χ1v) is 7.79. The van der Waals surface area contributed by atoms with Crippen molar-refractivity contribution >= 4 is 28.7 Å². The lowest BCUT2D eigenvalue weighted by Gasteiger charge is -2.18. The molecule has 114 valence electrons. The Balaban J connectivity index is 2.23. The van der Waals surface area contributed by atoms with Gasteiger partial charge in [0.25, 0.3) is 0 Å². The number of hydrogen-bond donors (Lipinski definition) is 0. The highest BCUT2D eigenvalue weighted by Gasteiger charge is 2.14. The molecule has 0 fully saturated rings. The number of aryl methyl sites for hydroxylation is 2. The molecule has 5 nitrogen and oxygen atoms in total. The van der Waals surface area contributed by atoms with Crippen LogP contribution in [0, 0.1) is 6.92 Å². The first-order chi connectivity index (χ1) is 10.1. The highest BCUT2D eigenvalue weighted by atomic mass is 35.5. The molecule has 2 aromatic rings. The fourth-order valence-corrected chi connectivity index (χ4v) is 2.64. The Bertz CT molecular complexity index is 634. The van der Waals surface area contributed by atoms with Crippen LogP contribution >= 0.6 is 11.6 Å². The van der Waals surface area contributed by atoms with Gasteiger partial charge >= 0.3 is 0 Å². The monoisotopic (exact) mass is 308 g/mol. The van der Waals surface area contributed by atoms with Crippen molar-refractivity contribution in [3.63, 3.8) is 0 Å². The molecule has 0 spiro atoms. The molecule has 0 N–H and O–H groups in total. The number of carbonyl (C=O) groups excluding carboxylic acids is 1. The molecule has 0 aliphatic heterocycles. The summed E-state index contributed by atoms with van der Waals surface area (Å²) in [6.07, 6.45) is 2.25. The zero-order valence-electron chi connectivity index (χ0n) is 12.8. The smallest absolute Gasteiger partial charge is 0.224 e. The zero-order valence-corrected chi connectivity index (χ0v) is 13.5. The summed E-state index contributed by atoms with van der Waals surface area (Å²) in [6.45, 7) is 7.99. The molecule has 0 bridgehead atoms. The maximum Gasteiger partial charge on any atom is 0.224 e. The summed E-state index contributed by atoms with van der Waals surface area (Å²) in [5.74, 6) is 1.22. The molecule has 2 aromatic heterocycles. The van der Waals surface area contributed by atoms with E-state index in [2.05, 4.69) is 9.97 Å². The number of aromatic nitrogens is 3. The van der Waals surface area contributed by atoms with Crippen molar-refractivity contribution in [1.29, 1.82) is 0 Å². The first kappa shape index (κ1) is 15.8. The SMILES string of the molecule is CCN(CC)C(=O)CCn1c(CCl)nc2cc(C)cnc21. The van der Waals surface area contributed by atoms with Gasteiger partial charge in [0, 0.05) is 32.3 Å². The molecule has 0 aromatic carbocycles. The summed E-state index contributed by atoms with van der Waals surface area (Å²) in [6, 6.07) is 1.99. The molecular formula is C15H21ClN4O. The topological polar surface area (TPSA) is 51.0 Å². The van der Waals surface area contributed by atoms with Gasteiger partial charge in [0.15, 0.2) is 5.65 Å². The van der Waals surface area contributed by atoms with E-state index in [1.807, 2.05) is 42.5 Å². The van der Waals surface area contributed by atoms with E-state index in [1.165, 1.54) is 0 Å². The van der Waals surface area contributed by atoms with Crippen molar-refractivity contribution in [2.24, 2.45) is 0 Å². The largest absolute Gasteiger partial charge is 0.343 e. The van der Waals surface area contributed by atoms with E-state index in [4.69, 9.17) is 11.6 Å². The van der Waals surface area contributed by atoms with Crippen molar-refractivity contribution in [2.75, 3.05) is 13.1 Å². The molecule has 0 atom stereocenters. The second-order valence-corrected chi connectivity index (χ2v) is 5.25. The third-order valence-corrected chi connectivity index (χ3v) is 3.82. The van der Waals surface area contributed by atoms with Crippen LogP contribution in [0.4, 0.5) is 0 Å². The number of pyridine rings is 1. The van der Waals surface area contributed by atoms with E-state index in [-0.39, 0.29) is 5.91 Å². The number of nitrogens with zero attached hydrogens (tertiary/aromatic N) is 4. The quantitative estimate of drug-likeness (QED) is 0.771. The summed E-state index contributed by atoms with van der Waals surface area (Å²) < 4.78 is 1.95. The van der Waals surface area contributed by atoms with Gasteiger partial charge in [0.05, 0.1) is 5.88 Å². The Kier molecular flexibility index (Phi) is 5.17. The summed E-state index contributed by atoms with van der Waals surface area (Å²) >= 11 is 5.97. The second-order valence-electron chi connectivity index (χ2n) is 4.98. The summed E-state index contributed by atoms with van der Waals surface area (Å²) in [7, 11) is 0. The van der Waals surface area contributed by atoms with Crippen LogP contribution in [-0.2, 0) is 17.2 Å². The Morgan fingerprint density at radius 1 is 1.38 bits per heavy atom. The van der Waals surface area contributed by atoms with Crippen molar-refractivity contribution in [3.8, 4) is 0 Å². The lowest BCUT2D eigenvalue weighted by atomic mass is 10.3. The van der Waals surface area contributed by atoms with Crippen molar-refractivity contribution in [1.82, 2.24) is 19.4 Å². The van der Waals surface area contributed by atoms with Gasteiger partial charge in [-0.1, -0.05) is 0 Å². The number of amides is 1. The van der Waals surface area contributed by atoms with Crippen LogP contribution in [0.3, 0.4) is 0 Å².